The number of oxime groups is 1. The van der Waals surface area contributed by atoms with Crippen LogP contribution in [0.5, 0.6) is 0 Å². The van der Waals surface area contributed by atoms with Crippen LogP contribution in [0.3, 0.4) is 0 Å². The van der Waals surface area contributed by atoms with Crippen LogP contribution >= 0.6 is 22.7 Å². The summed E-state index contributed by atoms with van der Waals surface area (Å²) < 4.78 is 0. The molecule has 0 radical (unpaired) electrons. The third kappa shape index (κ3) is 4.07. The summed E-state index contributed by atoms with van der Waals surface area (Å²) in [7, 11) is 1.73. The summed E-state index contributed by atoms with van der Waals surface area (Å²) in [6.45, 7) is 0.455. The van der Waals surface area contributed by atoms with Crippen molar-refractivity contribution in [3.63, 3.8) is 0 Å². The number of carbonyl (C=O) groups excluding carboxylic acids is 1. The maximum atomic E-state index is 11.8. The summed E-state index contributed by atoms with van der Waals surface area (Å²) in [5.74, 6) is 0.139. The number of amidine groups is 1. The molecule has 106 valence electrons. The molecular weight excluding hydrogens is 294 g/mol. The van der Waals surface area contributed by atoms with E-state index in [2.05, 4.69) is 5.16 Å². The van der Waals surface area contributed by atoms with Crippen molar-refractivity contribution in [3.05, 3.63) is 44.8 Å². The molecule has 2 aromatic heterocycles. The Labute approximate surface area is 125 Å². The first-order valence-corrected chi connectivity index (χ1v) is 7.73. The molecule has 0 spiro atoms. The fraction of sp³-hybridized carbons (Fsp3) is 0.231. The standard InChI is InChI=1S/C13H15N3O2S2/c1-16(7-11-3-2-5-20-11)12(17)8-18-15-13(14)10-4-6-19-9-10/h2-6,9H,7-8H2,1H3,(H2,14,15). The van der Waals surface area contributed by atoms with Gasteiger partial charge in [-0.25, -0.2) is 0 Å². The molecular formula is C13H15N3O2S2. The highest BCUT2D eigenvalue weighted by Crippen LogP contribution is 2.11. The summed E-state index contributed by atoms with van der Waals surface area (Å²) >= 11 is 3.14. The molecule has 0 atom stereocenters. The first kappa shape index (κ1) is 14.5. The third-order valence-electron chi connectivity index (χ3n) is 2.57. The van der Waals surface area contributed by atoms with Gasteiger partial charge in [0, 0.05) is 22.9 Å². The van der Waals surface area contributed by atoms with E-state index in [9.17, 15) is 4.79 Å². The minimum Gasteiger partial charge on any atom is -0.384 e. The van der Waals surface area contributed by atoms with Gasteiger partial charge in [-0.2, -0.15) is 11.3 Å². The summed E-state index contributed by atoms with van der Waals surface area (Å²) in [6, 6.07) is 5.79. The molecule has 0 unspecified atom stereocenters. The van der Waals surface area contributed by atoms with E-state index in [1.165, 1.54) is 11.3 Å². The van der Waals surface area contributed by atoms with Gasteiger partial charge in [0.15, 0.2) is 12.4 Å². The molecule has 2 N–H and O–H groups in total. The van der Waals surface area contributed by atoms with E-state index < -0.39 is 0 Å². The van der Waals surface area contributed by atoms with E-state index in [-0.39, 0.29) is 18.3 Å². The third-order valence-corrected chi connectivity index (χ3v) is 4.11. The van der Waals surface area contributed by atoms with Gasteiger partial charge in [0.25, 0.3) is 5.91 Å². The molecule has 5 nitrogen and oxygen atoms in total. The molecule has 0 aliphatic carbocycles. The van der Waals surface area contributed by atoms with E-state index in [1.807, 2.05) is 34.3 Å². The maximum Gasteiger partial charge on any atom is 0.263 e. The van der Waals surface area contributed by atoms with E-state index in [0.717, 1.165) is 10.4 Å². The Morgan fingerprint density at radius 1 is 1.45 bits per heavy atom. The summed E-state index contributed by atoms with van der Waals surface area (Å²) in [5, 5.41) is 9.49. The Bertz CT molecular complexity index is 564. The average Bonchev–Trinajstić information content (AvgIpc) is 3.11. The van der Waals surface area contributed by atoms with Gasteiger partial charge < -0.3 is 15.5 Å². The van der Waals surface area contributed by atoms with Crippen molar-refractivity contribution in [2.75, 3.05) is 13.7 Å². The molecule has 0 aliphatic rings. The average molecular weight is 309 g/mol. The summed E-state index contributed by atoms with van der Waals surface area (Å²) in [5.41, 5.74) is 6.52. The lowest BCUT2D eigenvalue weighted by Gasteiger charge is -2.15. The first-order chi connectivity index (χ1) is 9.66. The highest BCUT2D eigenvalue weighted by molar-refractivity contribution is 7.09. The Hall–Kier alpha value is -1.86. The monoisotopic (exact) mass is 309 g/mol. The van der Waals surface area contributed by atoms with E-state index in [4.69, 9.17) is 10.6 Å². The van der Waals surface area contributed by atoms with Gasteiger partial charge in [-0.3, -0.25) is 4.79 Å². The quantitative estimate of drug-likeness (QED) is 0.505. The van der Waals surface area contributed by atoms with Gasteiger partial charge in [-0.05, 0) is 22.9 Å². The Balaban J connectivity index is 1.78. The second-order valence-electron chi connectivity index (χ2n) is 4.09. The van der Waals surface area contributed by atoms with Crippen LogP contribution in [-0.2, 0) is 16.2 Å². The minimum absolute atomic E-state index is 0.118. The zero-order valence-electron chi connectivity index (χ0n) is 11.0. The fourth-order valence-corrected chi connectivity index (χ4v) is 2.86. The highest BCUT2D eigenvalue weighted by atomic mass is 32.1. The number of hydrogen-bond donors (Lipinski definition) is 1. The van der Waals surface area contributed by atoms with Gasteiger partial charge in [0.2, 0.25) is 0 Å². The van der Waals surface area contributed by atoms with Crippen molar-refractivity contribution >= 4 is 34.4 Å². The number of likely N-dealkylation sites (N-methyl/N-ethyl adjacent to an activating group) is 1. The van der Waals surface area contributed by atoms with Gasteiger partial charge in [0.05, 0.1) is 6.54 Å². The van der Waals surface area contributed by atoms with Gasteiger partial charge in [0.1, 0.15) is 0 Å². The molecule has 2 rings (SSSR count). The summed E-state index contributed by atoms with van der Waals surface area (Å²) in [6.07, 6.45) is 0. The molecule has 1 amide bonds. The molecule has 0 fully saturated rings. The lowest BCUT2D eigenvalue weighted by Crippen LogP contribution is -2.29. The number of thiophene rings is 2. The lowest BCUT2D eigenvalue weighted by molar-refractivity contribution is -0.135. The van der Waals surface area contributed by atoms with Gasteiger partial charge >= 0.3 is 0 Å². The van der Waals surface area contributed by atoms with Crippen molar-refractivity contribution in [1.82, 2.24) is 4.90 Å². The number of amides is 1. The SMILES string of the molecule is CN(Cc1cccs1)C(=O)CO/N=C(\N)c1ccsc1. The maximum absolute atomic E-state index is 11.8. The van der Waals surface area contributed by atoms with Gasteiger partial charge in [-0.15, -0.1) is 11.3 Å². The molecule has 0 aromatic carbocycles. The zero-order valence-corrected chi connectivity index (χ0v) is 12.6. The van der Waals surface area contributed by atoms with Crippen LogP contribution in [0.4, 0.5) is 0 Å². The second kappa shape index (κ2) is 7.06. The van der Waals surface area contributed by atoms with E-state index >= 15 is 0 Å². The molecule has 0 aliphatic heterocycles. The van der Waals surface area contributed by atoms with E-state index in [0.29, 0.717) is 6.54 Å². The van der Waals surface area contributed by atoms with Crippen LogP contribution in [0.25, 0.3) is 0 Å². The van der Waals surface area contributed by atoms with Crippen molar-refractivity contribution in [2.45, 2.75) is 6.54 Å². The Kier molecular flexibility index (Phi) is 5.14. The number of nitrogens with two attached hydrogens (primary N) is 1. The van der Waals surface area contributed by atoms with Crippen LogP contribution < -0.4 is 5.73 Å². The smallest absolute Gasteiger partial charge is 0.263 e. The Morgan fingerprint density at radius 2 is 2.30 bits per heavy atom. The molecule has 7 heteroatoms. The predicted molar refractivity (Wildman–Crippen MR) is 81.8 cm³/mol. The largest absolute Gasteiger partial charge is 0.384 e. The molecule has 0 saturated heterocycles. The first-order valence-electron chi connectivity index (χ1n) is 5.91. The molecule has 2 heterocycles. The number of rotatable bonds is 6. The molecule has 20 heavy (non-hydrogen) atoms. The fourth-order valence-electron chi connectivity index (χ4n) is 1.45. The number of nitrogens with zero attached hydrogens (tertiary/aromatic N) is 2. The normalized spacial score (nSPS) is 11.3. The Morgan fingerprint density at radius 3 is 2.95 bits per heavy atom. The molecule has 0 bridgehead atoms. The van der Waals surface area contributed by atoms with Crippen LogP contribution in [-0.4, -0.2) is 30.3 Å². The minimum atomic E-state index is -0.139. The summed E-state index contributed by atoms with van der Waals surface area (Å²) in [4.78, 5) is 19.6. The molecule has 2 aromatic rings. The van der Waals surface area contributed by atoms with Crippen LogP contribution in [0.15, 0.2) is 39.5 Å². The second-order valence-corrected chi connectivity index (χ2v) is 5.90. The van der Waals surface area contributed by atoms with Crippen LogP contribution in [0.2, 0.25) is 0 Å². The highest BCUT2D eigenvalue weighted by Gasteiger charge is 2.10. The topological polar surface area (TPSA) is 67.9 Å². The number of hydrogen-bond acceptors (Lipinski definition) is 5. The van der Waals surface area contributed by atoms with E-state index in [1.54, 1.807) is 23.3 Å². The number of carbonyl (C=O) groups is 1. The van der Waals surface area contributed by atoms with Crippen molar-refractivity contribution < 1.29 is 9.63 Å². The molecule has 0 saturated carbocycles. The van der Waals surface area contributed by atoms with Crippen LogP contribution in [0.1, 0.15) is 10.4 Å². The van der Waals surface area contributed by atoms with Crippen LogP contribution in [0, 0.1) is 0 Å². The lowest BCUT2D eigenvalue weighted by atomic mass is 10.3. The van der Waals surface area contributed by atoms with Crippen molar-refractivity contribution in [1.29, 1.82) is 0 Å². The van der Waals surface area contributed by atoms with Gasteiger partial charge in [-0.1, -0.05) is 11.2 Å². The predicted octanol–water partition coefficient (Wildman–Crippen LogP) is 2.11. The van der Waals surface area contributed by atoms with Crippen molar-refractivity contribution in [2.24, 2.45) is 10.9 Å². The van der Waals surface area contributed by atoms with Crippen molar-refractivity contribution in [3.8, 4) is 0 Å². The zero-order chi connectivity index (χ0) is 14.4.